The highest BCUT2D eigenvalue weighted by molar-refractivity contribution is 6.30. The molecule has 2 N–H and O–H groups in total. The zero-order valence-electron chi connectivity index (χ0n) is 17.1. The Morgan fingerprint density at radius 2 is 1.87 bits per heavy atom. The van der Waals surface area contributed by atoms with E-state index >= 15 is 0 Å². The van der Waals surface area contributed by atoms with Crippen molar-refractivity contribution < 1.29 is 14.0 Å². The summed E-state index contributed by atoms with van der Waals surface area (Å²) in [4.78, 5) is 24.9. The maximum atomic E-state index is 12.7. The molecule has 7 nitrogen and oxygen atoms in total. The zero-order valence-corrected chi connectivity index (χ0v) is 17.9. The third-order valence-electron chi connectivity index (χ3n) is 5.45. The molecule has 2 aromatic heterocycles. The van der Waals surface area contributed by atoms with Gasteiger partial charge in [0.2, 0.25) is 5.91 Å². The average Bonchev–Trinajstić information content (AvgIpc) is 3.47. The summed E-state index contributed by atoms with van der Waals surface area (Å²) in [6.07, 6.45) is 6.91. The fourth-order valence-electron chi connectivity index (χ4n) is 3.86. The lowest BCUT2D eigenvalue weighted by Crippen LogP contribution is -2.38. The van der Waals surface area contributed by atoms with Crippen molar-refractivity contribution in [1.29, 1.82) is 0 Å². The summed E-state index contributed by atoms with van der Waals surface area (Å²) in [5.41, 5.74) is 1.62. The summed E-state index contributed by atoms with van der Waals surface area (Å²) in [5.74, 6) is 0.458. The molecule has 3 aromatic rings. The molecule has 4 rings (SSSR count). The monoisotopic (exact) mass is 440 g/mol. The van der Waals surface area contributed by atoms with Gasteiger partial charge in [0, 0.05) is 30.1 Å². The zero-order chi connectivity index (χ0) is 21.6. The number of amides is 2. The second-order valence-corrected chi connectivity index (χ2v) is 8.10. The molecule has 2 amide bonds. The smallest absolute Gasteiger partial charge is 0.271 e. The number of halogens is 1. The normalized spacial score (nSPS) is 14.4. The van der Waals surface area contributed by atoms with Crippen LogP contribution in [0.3, 0.4) is 0 Å². The number of hydrogen-bond acceptors (Lipinski definition) is 4. The molecular weight excluding hydrogens is 416 g/mol. The lowest BCUT2D eigenvalue weighted by atomic mass is 9.89. The summed E-state index contributed by atoms with van der Waals surface area (Å²) >= 11 is 6.13. The van der Waals surface area contributed by atoms with Crippen LogP contribution in [0.25, 0.3) is 17.1 Å². The Labute approximate surface area is 185 Å². The number of aromatic nitrogens is 2. The molecule has 1 aromatic carbocycles. The lowest BCUT2D eigenvalue weighted by molar-refractivity contribution is -0.125. The number of rotatable bonds is 7. The van der Waals surface area contributed by atoms with E-state index in [-0.39, 0.29) is 23.4 Å². The van der Waals surface area contributed by atoms with Crippen molar-refractivity contribution in [3.8, 4) is 17.1 Å². The van der Waals surface area contributed by atoms with E-state index in [0.717, 1.165) is 31.4 Å². The van der Waals surface area contributed by atoms with E-state index in [1.54, 1.807) is 41.3 Å². The molecule has 2 heterocycles. The lowest BCUT2D eigenvalue weighted by Gasteiger charge is -2.20. The van der Waals surface area contributed by atoms with E-state index in [4.69, 9.17) is 16.0 Å². The first kappa shape index (κ1) is 21.2. The number of benzene rings is 1. The molecule has 31 heavy (non-hydrogen) atoms. The molecule has 0 atom stereocenters. The van der Waals surface area contributed by atoms with Gasteiger partial charge in [-0.05, 0) is 43.2 Å². The second kappa shape index (κ2) is 9.83. The van der Waals surface area contributed by atoms with Crippen molar-refractivity contribution in [3.05, 3.63) is 59.4 Å². The maximum Gasteiger partial charge on any atom is 0.271 e. The van der Waals surface area contributed by atoms with Crippen molar-refractivity contribution in [2.45, 2.75) is 32.1 Å². The van der Waals surface area contributed by atoms with Crippen LogP contribution in [0.5, 0.6) is 0 Å². The second-order valence-electron chi connectivity index (χ2n) is 7.67. The third-order valence-corrected chi connectivity index (χ3v) is 5.69. The topological polar surface area (TPSA) is 89.2 Å². The minimum absolute atomic E-state index is 0.0827. The van der Waals surface area contributed by atoms with Crippen molar-refractivity contribution in [2.24, 2.45) is 5.92 Å². The summed E-state index contributed by atoms with van der Waals surface area (Å²) in [7, 11) is 0. The molecule has 1 aliphatic rings. The van der Waals surface area contributed by atoms with Gasteiger partial charge in [0.05, 0.1) is 12.0 Å². The van der Waals surface area contributed by atoms with E-state index in [1.165, 1.54) is 6.42 Å². The molecule has 0 spiro atoms. The minimum Gasteiger partial charge on any atom is -0.463 e. The highest BCUT2D eigenvalue weighted by Gasteiger charge is 2.21. The van der Waals surface area contributed by atoms with Gasteiger partial charge in [0.1, 0.15) is 5.69 Å². The van der Waals surface area contributed by atoms with Crippen LogP contribution in [0.4, 0.5) is 0 Å². The molecule has 0 bridgehead atoms. The first-order chi connectivity index (χ1) is 15.1. The number of furan rings is 1. The molecule has 1 fully saturated rings. The van der Waals surface area contributed by atoms with Gasteiger partial charge in [-0.1, -0.05) is 36.9 Å². The van der Waals surface area contributed by atoms with E-state index in [2.05, 4.69) is 15.7 Å². The Morgan fingerprint density at radius 1 is 1.06 bits per heavy atom. The Hall–Kier alpha value is -3.06. The Balaban J connectivity index is 1.41. The fourth-order valence-corrected chi connectivity index (χ4v) is 4.04. The predicted molar refractivity (Wildman–Crippen MR) is 118 cm³/mol. The van der Waals surface area contributed by atoms with E-state index in [0.29, 0.717) is 29.6 Å². The van der Waals surface area contributed by atoms with Crippen LogP contribution < -0.4 is 10.6 Å². The summed E-state index contributed by atoms with van der Waals surface area (Å²) < 4.78 is 7.14. The molecule has 0 saturated heterocycles. The van der Waals surface area contributed by atoms with Gasteiger partial charge < -0.3 is 15.1 Å². The Morgan fingerprint density at radius 3 is 2.61 bits per heavy atom. The van der Waals surface area contributed by atoms with Crippen LogP contribution in [0.1, 0.15) is 42.6 Å². The van der Waals surface area contributed by atoms with E-state index in [9.17, 15) is 9.59 Å². The molecule has 1 aliphatic carbocycles. The first-order valence-corrected chi connectivity index (χ1v) is 11.0. The quantitative estimate of drug-likeness (QED) is 0.538. The van der Waals surface area contributed by atoms with Gasteiger partial charge in [0.15, 0.2) is 11.5 Å². The standard InChI is InChI=1S/C23H25ClN4O3/c24-17-8-4-9-18(14-17)28-20(21-10-5-13-31-21)15-19(27-28)23(30)26-12-11-25-22(29)16-6-2-1-3-7-16/h4-5,8-10,13-16H,1-3,6-7,11-12H2,(H,25,29)(H,26,30). The minimum atomic E-state index is -0.319. The molecule has 8 heteroatoms. The summed E-state index contributed by atoms with van der Waals surface area (Å²) in [5, 5.41) is 10.8. The van der Waals surface area contributed by atoms with Crippen molar-refractivity contribution >= 4 is 23.4 Å². The van der Waals surface area contributed by atoms with Crippen molar-refractivity contribution in [2.75, 3.05) is 13.1 Å². The molecule has 0 aliphatic heterocycles. The van der Waals surface area contributed by atoms with Crippen molar-refractivity contribution in [3.63, 3.8) is 0 Å². The highest BCUT2D eigenvalue weighted by Crippen LogP contribution is 2.26. The summed E-state index contributed by atoms with van der Waals surface area (Å²) in [6, 6.07) is 12.5. The number of carbonyl (C=O) groups excluding carboxylic acids is 2. The number of nitrogens with one attached hydrogen (secondary N) is 2. The Bertz CT molecular complexity index is 1040. The van der Waals surface area contributed by atoms with Gasteiger partial charge in [-0.3, -0.25) is 9.59 Å². The van der Waals surface area contributed by atoms with Crippen LogP contribution in [0, 0.1) is 5.92 Å². The van der Waals surface area contributed by atoms with Crippen LogP contribution in [0.2, 0.25) is 5.02 Å². The number of carbonyl (C=O) groups is 2. The average molecular weight is 441 g/mol. The SMILES string of the molecule is O=C(NCCNC(=O)C1CCCCC1)c1cc(-c2ccco2)n(-c2cccc(Cl)c2)n1. The van der Waals surface area contributed by atoms with E-state index < -0.39 is 0 Å². The molecule has 1 saturated carbocycles. The molecule has 162 valence electrons. The fraction of sp³-hybridized carbons (Fsp3) is 0.348. The predicted octanol–water partition coefficient (Wildman–Crippen LogP) is 4.21. The van der Waals surface area contributed by atoms with Gasteiger partial charge in [0.25, 0.3) is 5.91 Å². The first-order valence-electron chi connectivity index (χ1n) is 10.6. The summed E-state index contributed by atoms with van der Waals surface area (Å²) in [6.45, 7) is 0.721. The number of hydrogen-bond donors (Lipinski definition) is 2. The van der Waals surface area contributed by atoms with Gasteiger partial charge >= 0.3 is 0 Å². The van der Waals surface area contributed by atoms with Crippen molar-refractivity contribution in [1.82, 2.24) is 20.4 Å². The highest BCUT2D eigenvalue weighted by atomic mass is 35.5. The van der Waals surface area contributed by atoms with Gasteiger partial charge in [-0.15, -0.1) is 0 Å². The van der Waals surface area contributed by atoms with Crippen LogP contribution in [0.15, 0.2) is 53.1 Å². The van der Waals surface area contributed by atoms with Crippen LogP contribution in [-0.4, -0.2) is 34.7 Å². The molecular formula is C23H25ClN4O3. The van der Waals surface area contributed by atoms with Gasteiger partial charge in [-0.2, -0.15) is 5.10 Å². The molecule has 0 unspecified atom stereocenters. The van der Waals surface area contributed by atoms with Crippen LogP contribution in [-0.2, 0) is 4.79 Å². The van der Waals surface area contributed by atoms with E-state index in [1.807, 2.05) is 12.1 Å². The number of nitrogens with zero attached hydrogens (tertiary/aromatic N) is 2. The maximum absolute atomic E-state index is 12.7. The Kier molecular flexibility index (Phi) is 6.72. The largest absolute Gasteiger partial charge is 0.463 e. The third kappa shape index (κ3) is 5.17. The molecule has 0 radical (unpaired) electrons. The van der Waals surface area contributed by atoms with Crippen LogP contribution >= 0.6 is 11.6 Å². The van der Waals surface area contributed by atoms with Gasteiger partial charge in [-0.25, -0.2) is 4.68 Å².